The Labute approximate surface area is 99.4 Å². The highest BCUT2D eigenvalue weighted by molar-refractivity contribution is 5.06. The molecule has 1 aromatic heterocycles. The zero-order valence-corrected chi connectivity index (χ0v) is 11.0. The lowest BCUT2D eigenvalue weighted by atomic mass is 9.95. The molecule has 2 nitrogen and oxygen atoms in total. The average Bonchev–Trinajstić information content (AvgIpc) is 2.76. The molecule has 1 heterocycles. The van der Waals surface area contributed by atoms with Crippen LogP contribution in [0.4, 0.5) is 0 Å². The van der Waals surface area contributed by atoms with Crippen molar-refractivity contribution in [3.8, 4) is 0 Å². The van der Waals surface area contributed by atoms with Crippen molar-refractivity contribution in [2.24, 2.45) is 5.92 Å². The molecule has 0 fully saturated rings. The molecule has 1 atom stereocenters. The molecule has 0 bridgehead atoms. The summed E-state index contributed by atoms with van der Waals surface area (Å²) in [5.74, 6) is 2.89. The Morgan fingerprint density at radius 2 is 1.75 bits per heavy atom. The first-order valence-corrected chi connectivity index (χ1v) is 6.52. The molecule has 0 amide bonds. The van der Waals surface area contributed by atoms with E-state index in [0.717, 1.165) is 30.4 Å². The molecular formula is C14H25NO. The number of furan rings is 1. The lowest BCUT2D eigenvalue weighted by molar-refractivity contribution is 0.337. The summed E-state index contributed by atoms with van der Waals surface area (Å²) in [6.45, 7) is 9.74. The van der Waals surface area contributed by atoms with Gasteiger partial charge in [0.1, 0.15) is 11.5 Å². The minimum absolute atomic E-state index is 0.560. The smallest absolute Gasteiger partial charge is 0.117 e. The molecule has 1 unspecified atom stereocenters. The van der Waals surface area contributed by atoms with Gasteiger partial charge in [-0.1, -0.05) is 33.6 Å². The van der Waals surface area contributed by atoms with E-state index in [1.54, 1.807) is 0 Å². The molecule has 0 saturated carbocycles. The lowest BCUT2D eigenvalue weighted by Gasteiger charge is -2.21. The van der Waals surface area contributed by atoms with Gasteiger partial charge in [0.2, 0.25) is 0 Å². The van der Waals surface area contributed by atoms with Crippen molar-refractivity contribution in [3.63, 3.8) is 0 Å². The van der Waals surface area contributed by atoms with Gasteiger partial charge in [0.05, 0.1) is 6.54 Å². The van der Waals surface area contributed by atoms with Gasteiger partial charge in [-0.3, -0.25) is 0 Å². The maximum atomic E-state index is 5.67. The van der Waals surface area contributed by atoms with Gasteiger partial charge in [0.15, 0.2) is 0 Å². The summed E-state index contributed by atoms with van der Waals surface area (Å²) in [7, 11) is 0. The number of aryl methyl sites for hydroxylation is 1. The molecule has 0 radical (unpaired) electrons. The maximum Gasteiger partial charge on any atom is 0.117 e. The van der Waals surface area contributed by atoms with Gasteiger partial charge >= 0.3 is 0 Å². The van der Waals surface area contributed by atoms with Gasteiger partial charge in [0, 0.05) is 12.5 Å². The third-order valence-electron chi connectivity index (χ3n) is 3.42. The van der Waals surface area contributed by atoms with E-state index >= 15 is 0 Å². The summed E-state index contributed by atoms with van der Waals surface area (Å²) in [6.07, 6.45) is 3.45. The highest BCUT2D eigenvalue weighted by Crippen LogP contribution is 2.14. The van der Waals surface area contributed by atoms with Gasteiger partial charge in [-0.05, 0) is 25.0 Å². The fourth-order valence-corrected chi connectivity index (χ4v) is 2.13. The fraction of sp³-hybridized carbons (Fsp3) is 0.714. The van der Waals surface area contributed by atoms with Gasteiger partial charge in [-0.2, -0.15) is 0 Å². The first-order chi connectivity index (χ1) is 7.71. The van der Waals surface area contributed by atoms with Crippen LogP contribution in [0.3, 0.4) is 0 Å². The predicted molar refractivity (Wildman–Crippen MR) is 68.5 cm³/mol. The van der Waals surface area contributed by atoms with Crippen molar-refractivity contribution >= 4 is 0 Å². The standard InChI is InChI=1S/C14H25NO/c1-5-12(6-2)11(4)15-10-14-9-8-13(7-3)16-14/h8-9,11-12,15H,5-7,10H2,1-4H3. The molecule has 0 saturated heterocycles. The Hall–Kier alpha value is -0.760. The van der Waals surface area contributed by atoms with Crippen LogP contribution in [0.25, 0.3) is 0 Å². The summed E-state index contributed by atoms with van der Waals surface area (Å²) in [6, 6.07) is 4.70. The van der Waals surface area contributed by atoms with Crippen molar-refractivity contribution in [2.45, 2.75) is 59.5 Å². The first-order valence-electron chi connectivity index (χ1n) is 6.52. The monoisotopic (exact) mass is 223 g/mol. The summed E-state index contributed by atoms with van der Waals surface area (Å²) in [5, 5.41) is 3.54. The summed E-state index contributed by atoms with van der Waals surface area (Å²) < 4.78 is 5.67. The summed E-state index contributed by atoms with van der Waals surface area (Å²) in [5.41, 5.74) is 0. The highest BCUT2D eigenvalue weighted by atomic mass is 16.3. The fourth-order valence-electron chi connectivity index (χ4n) is 2.13. The molecule has 0 aliphatic rings. The van der Waals surface area contributed by atoms with Crippen LogP contribution < -0.4 is 5.32 Å². The number of rotatable bonds is 7. The van der Waals surface area contributed by atoms with E-state index < -0.39 is 0 Å². The van der Waals surface area contributed by atoms with Crippen molar-refractivity contribution < 1.29 is 4.42 Å². The Morgan fingerprint density at radius 3 is 2.25 bits per heavy atom. The van der Waals surface area contributed by atoms with Gasteiger partial charge in [-0.25, -0.2) is 0 Å². The number of nitrogens with one attached hydrogen (secondary N) is 1. The minimum Gasteiger partial charge on any atom is -0.465 e. The normalized spacial score (nSPS) is 13.3. The van der Waals surface area contributed by atoms with E-state index in [1.807, 2.05) is 0 Å². The van der Waals surface area contributed by atoms with Crippen molar-refractivity contribution in [1.29, 1.82) is 0 Å². The first kappa shape index (κ1) is 13.3. The largest absolute Gasteiger partial charge is 0.465 e. The van der Waals surface area contributed by atoms with E-state index in [-0.39, 0.29) is 0 Å². The Bertz CT molecular complexity index is 289. The molecule has 0 aliphatic heterocycles. The predicted octanol–water partition coefficient (Wildman–Crippen LogP) is 3.76. The SMILES string of the molecule is CCc1ccc(CNC(C)C(CC)CC)o1. The van der Waals surface area contributed by atoms with Crippen molar-refractivity contribution in [2.75, 3.05) is 0 Å². The third-order valence-corrected chi connectivity index (χ3v) is 3.42. The van der Waals surface area contributed by atoms with Crippen LogP contribution in [0, 0.1) is 5.92 Å². The van der Waals surface area contributed by atoms with E-state index in [0.29, 0.717) is 6.04 Å². The highest BCUT2D eigenvalue weighted by Gasteiger charge is 2.13. The quantitative estimate of drug-likeness (QED) is 0.761. The molecule has 1 N–H and O–H groups in total. The number of hydrogen-bond acceptors (Lipinski definition) is 2. The zero-order chi connectivity index (χ0) is 12.0. The Balaban J connectivity index is 2.38. The van der Waals surface area contributed by atoms with E-state index in [4.69, 9.17) is 4.42 Å². The second-order valence-electron chi connectivity index (χ2n) is 4.47. The molecule has 0 aromatic carbocycles. The van der Waals surface area contributed by atoms with Crippen LogP contribution in [-0.4, -0.2) is 6.04 Å². The van der Waals surface area contributed by atoms with Crippen LogP contribution in [0.15, 0.2) is 16.5 Å². The minimum atomic E-state index is 0.560. The van der Waals surface area contributed by atoms with Crippen LogP contribution in [0.1, 0.15) is 52.1 Å². The van der Waals surface area contributed by atoms with E-state index in [1.165, 1.54) is 12.8 Å². The molecule has 0 aliphatic carbocycles. The van der Waals surface area contributed by atoms with Crippen LogP contribution >= 0.6 is 0 Å². The third kappa shape index (κ3) is 3.67. The van der Waals surface area contributed by atoms with Crippen LogP contribution in [-0.2, 0) is 13.0 Å². The second kappa shape index (κ2) is 6.74. The molecule has 16 heavy (non-hydrogen) atoms. The molecule has 2 heteroatoms. The Morgan fingerprint density at radius 1 is 1.12 bits per heavy atom. The lowest BCUT2D eigenvalue weighted by Crippen LogP contribution is -2.32. The average molecular weight is 223 g/mol. The van der Waals surface area contributed by atoms with Gasteiger partial charge < -0.3 is 9.73 Å². The van der Waals surface area contributed by atoms with Crippen LogP contribution in [0.5, 0.6) is 0 Å². The molecule has 92 valence electrons. The van der Waals surface area contributed by atoms with E-state index in [9.17, 15) is 0 Å². The topological polar surface area (TPSA) is 25.2 Å². The Kier molecular flexibility index (Phi) is 5.61. The van der Waals surface area contributed by atoms with Gasteiger partial charge in [0.25, 0.3) is 0 Å². The van der Waals surface area contributed by atoms with Crippen LogP contribution in [0.2, 0.25) is 0 Å². The zero-order valence-electron chi connectivity index (χ0n) is 11.0. The molecular weight excluding hydrogens is 198 g/mol. The molecule has 1 rings (SSSR count). The van der Waals surface area contributed by atoms with Crippen molar-refractivity contribution in [1.82, 2.24) is 5.32 Å². The second-order valence-corrected chi connectivity index (χ2v) is 4.47. The molecule has 0 spiro atoms. The summed E-state index contributed by atoms with van der Waals surface area (Å²) >= 11 is 0. The van der Waals surface area contributed by atoms with Gasteiger partial charge in [-0.15, -0.1) is 0 Å². The summed E-state index contributed by atoms with van der Waals surface area (Å²) in [4.78, 5) is 0. The van der Waals surface area contributed by atoms with E-state index in [2.05, 4.69) is 45.1 Å². The number of hydrogen-bond donors (Lipinski definition) is 1. The maximum absolute atomic E-state index is 5.67. The van der Waals surface area contributed by atoms with Crippen molar-refractivity contribution in [3.05, 3.63) is 23.7 Å². The molecule has 1 aromatic rings.